The van der Waals surface area contributed by atoms with Gasteiger partial charge in [0.25, 0.3) is 0 Å². The Kier molecular flexibility index (Phi) is 5.01. The van der Waals surface area contributed by atoms with Crippen molar-refractivity contribution in [2.24, 2.45) is 0 Å². The van der Waals surface area contributed by atoms with Crippen molar-refractivity contribution in [2.45, 2.75) is 19.8 Å². The lowest BCUT2D eigenvalue weighted by molar-refractivity contribution is -0.0864. The predicted molar refractivity (Wildman–Crippen MR) is 33.6 cm³/mol. The summed E-state index contributed by atoms with van der Waals surface area (Å²) in [6.45, 7) is 7.03. The molecule has 2 nitrogen and oxygen atoms in total. The summed E-state index contributed by atoms with van der Waals surface area (Å²) in [5.74, 6) is 0. The number of unbranched alkanes of at least 4 members (excludes halogenated alkanes) is 1. The van der Waals surface area contributed by atoms with E-state index in [2.05, 4.69) is 6.92 Å². The van der Waals surface area contributed by atoms with E-state index in [0.29, 0.717) is 6.54 Å². The van der Waals surface area contributed by atoms with Crippen molar-refractivity contribution in [3.63, 3.8) is 0 Å². The van der Waals surface area contributed by atoms with Gasteiger partial charge in [-0.3, -0.25) is 0 Å². The zero-order valence-corrected chi connectivity index (χ0v) is 5.43. The van der Waals surface area contributed by atoms with Crippen LogP contribution in [0.5, 0.6) is 0 Å². The lowest BCUT2D eigenvalue weighted by Crippen LogP contribution is -2.19. The number of hydrogen-bond donors (Lipinski definition) is 1. The van der Waals surface area contributed by atoms with Crippen LogP contribution >= 0.6 is 0 Å². The third kappa shape index (κ3) is 4.09. The molecule has 0 unspecified atom stereocenters. The van der Waals surface area contributed by atoms with E-state index in [-0.39, 0.29) is 0 Å². The monoisotopic (exact) mass is 116 g/mol. The largest absolute Gasteiger partial charge is 0.314 e. The summed E-state index contributed by atoms with van der Waals surface area (Å²) in [5.41, 5.74) is 0. The summed E-state index contributed by atoms with van der Waals surface area (Å²) in [6, 6.07) is 0. The SMILES string of the molecule is [CH2]CCCN(O)CC. The summed E-state index contributed by atoms with van der Waals surface area (Å²) in [7, 11) is 0. The molecule has 0 aliphatic carbocycles. The summed E-state index contributed by atoms with van der Waals surface area (Å²) < 4.78 is 0. The molecule has 8 heavy (non-hydrogen) atoms. The normalized spacial score (nSPS) is 10.5. The van der Waals surface area contributed by atoms with E-state index in [1.165, 1.54) is 5.06 Å². The first-order valence-electron chi connectivity index (χ1n) is 3.04. The molecule has 1 N–H and O–H groups in total. The third-order valence-corrected chi connectivity index (χ3v) is 1.03. The Balaban J connectivity index is 2.86. The van der Waals surface area contributed by atoms with E-state index < -0.39 is 0 Å². The highest BCUT2D eigenvalue weighted by Gasteiger charge is 1.91. The average molecular weight is 116 g/mol. The molecule has 0 saturated heterocycles. The van der Waals surface area contributed by atoms with Gasteiger partial charge in [-0.25, -0.2) is 0 Å². The molecule has 0 aliphatic heterocycles. The highest BCUT2D eigenvalue weighted by Crippen LogP contribution is 1.88. The minimum atomic E-state index is 0.708. The van der Waals surface area contributed by atoms with E-state index in [0.717, 1.165) is 19.4 Å². The molecule has 0 amide bonds. The Hall–Kier alpha value is -0.0800. The quantitative estimate of drug-likeness (QED) is 0.560. The zero-order chi connectivity index (χ0) is 6.41. The second-order valence-corrected chi connectivity index (χ2v) is 1.75. The first-order valence-corrected chi connectivity index (χ1v) is 3.04. The van der Waals surface area contributed by atoms with Crippen molar-refractivity contribution >= 4 is 0 Å². The van der Waals surface area contributed by atoms with E-state index in [9.17, 15) is 0 Å². The van der Waals surface area contributed by atoms with Crippen LogP contribution in [0.3, 0.4) is 0 Å². The van der Waals surface area contributed by atoms with E-state index >= 15 is 0 Å². The molecule has 0 atom stereocenters. The van der Waals surface area contributed by atoms with Gasteiger partial charge in [0.1, 0.15) is 0 Å². The topological polar surface area (TPSA) is 23.5 Å². The molecular formula is C6H14NO. The maximum atomic E-state index is 8.79. The van der Waals surface area contributed by atoms with Crippen LogP contribution < -0.4 is 0 Å². The lowest BCUT2D eigenvalue weighted by atomic mass is 10.3. The van der Waals surface area contributed by atoms with Gasteiger partial charge in [0.2, 0.25) is 0 Å². The van der Waals surface area contributed by atoms with Crippen molar-refractivity contribution in [3.8, 4) is 0 Å². The Morgan fingerprint density at radius 2 is 2.25 bits per heavy atom. The van der Waals surface area contributed by atoms with E-state index in [1.807, 2.05) is 6.92 Å². The first-order chi connectivity index (χ1) is 3.81. The molecule has 0 saturated carbocycles. The van der Waals surface area contributed by atoms with Gasteiger partial charge in [-0.1, -0.05) is 20.3 Å². The molecular weight excluding hydrogens is 102 g/mol. The molecule has 0 spiro atoms. The maximum absolute atomic E-state index is 8.79. The number of hydroxylamine groups is 2. The first kappa shape index (κ1) is 7.92. The summed E-state index contributed by atoms with van der Waals surface area (Å²) in [5, 5.41) is 10.1. The molecule has 1 radical (unpaired) electrons. The maximum Gasteiger partial charge on any atom is 0.0238 e. The fourth-order valence-corrected chi connectivity index (χ4v) is 0.452. The van der Waals surface area contributed by atoms with Gasteiger partial charge in [-0.05, 0) is 6.42 Å². The minimum Gasteiger partial charge on any atom is -0.314 e. The van der Waals surface area contributed by atoms with Crippen LogP contribution in [0.25, 0.3) is 0 Å². The van der Waals surface area contributed by atoms with Gasteiger partial charge in [0.15, 0.2) is 0 Å². The van der Waals surface area contributed by atoms with Crippen LogP contribution in [0.15, 0.2) is 0 Å². The van der Waals surface area contributed by atoms with Gasteiger partial charge in [-0.15, -0.1) is 0 Å². The van der Waals surface area contributed by atoms with Crippen molar-refractivity contribution in [3.05, 3.63) is 6.92 Å². The summed E-state index contributed by atoms with van der Waals surface area (Å²) in [6.07, 6.45) is 1.88. The zero-order valence-electron chi connectivity index (χ0n) is 5.43. The van der Waals surface area contributed by atoms with Crippen molar-refractivity contribution < 1.29 is 5.21 Å². The van der Waals surface area contributed by atoms with E-state index in [4.69, 9.17) is 5.21 Å². The molecule has 0 bridgehead atoms. The predicted octanol–water partition coefficient (Wildman–Crippen LogP) is 1.31. The molecule has 49 valence electrons. The van der Waals surface area contributed by atoms with E-state index in [1.54, 1.807) is 0 Å². The Bertz CT molecular complexity index is 47.8. The smallest absolute Gasteiger partial charge is 0.0238 e. The second kappa shape index (κ2) is 5.06. The molecule has 0 aromatic heterocycles. The van der Waals surface area contributed by atoms with Crippen LogP contribution in [0, 0.1) is 6.92 Å². The molecule has 0 aliphatic rings. The molecule has 0 aromatic rings. The minimum absolute atomic E-state index is 0.708. The number of hydrogen-bond acceptors (Lipinski definition) is 2. The standard InChI is InChI=1S/C6H14NO/c1-3-5-6-7(8)4-2/h8H,1,3-6H2,2H3. The summed E-state index contributed by atoms with van der Waals surface area (Å²) in [4.78, 5) is 0. The fraction of sp³-hybridized carbons (Fsp3) is 0.833. The van der Waals surface area contributed by atoms with Gasteiger partial charge >= 0.3 is 0 Å². The van der Waals surface area contributed by atoms with Gasteiger partial charge in [0.05, 0.1) is 0 Å². The van der Waals surface area contributed by atoms with Crippen LogP contribution in [0.1, 0.15) is 19.8 Å². The molecule has 0 heterocycles. The van der Waals surface area contributed by atoms with Crippen LogP contribution in [0.4, 0.5) is 0 Å². The van der Waals surface area contributed by atoms with Gasteiger partial charge < -0.3 is 5.21 Å². The average Bonchev–Trinajstić information content (AvgIpc) is 1.83. The van der Waals surface area contributed by atoms with Gasteiger partial charge in [0, 0.05) is 13.1 Å². The van der Waals surface area contributed by atoms with Crippen molar-refractivity contribution in [2.75, 3.05) is 13.1 Å². The number of nitrogens with zero attached hydrogens (tertiary/aromatic N) is 1. The molecule has 2 heteroatoms. The van der Waals surface area contributed by atoms with Crippen molar-refractivity contribution in [1.82, 2.24) is 5.06 Å². The third-order valence-electron chi connectivity index (χ3n) is 1.03. The molecule has 0 fully saturated rings. The van der Waals surface area contributed by atoms with Crippen LogP contribution in [-0.4, -0.2) is 23.4 Å². The Morgan fingerprint density at radius 3 is 2.62 bits per heavy atom. The van der Waals surface area contributed by atoms with Crippen molar-refractivity contribution in [1.29, 1.82) is 0 Å². The number of rotatable bonds is 4. The summed E-state index contributed by atoms with van der Waals surface area (Å²) >= 11 is 0. The Labute approximate surface area is 51.1 Å². The Morgan fingerprint density at radius 1 is 1.62 bits per heavy atom. The lowest BCUT2D eigenvalue weighted by Gasteiger charge is -2.09. The van der Waals surface area contributed by atoms with Crippen LogP contribution in [-0.2, 0) is 0 Å². The van der Waals surface area contributed by atoms with Crippen LogP contribution in [0.2, 0.25) is 0 Å². The van der Waals surface area contributed by atoms with Gasteiger partial charge in [-0.2, -0.15) is 5.06 Å². The fourth-order valence-electron chi connectivity index (χ4n) is 0.452. The highest BCUT2D eigenvalue weighted by atomic mass is 16.5. The molecule has 0 aromatic carbocycles. The molecule has 0 rings (SSSR count). The highest BCUT2D eigenvalue weighted by molar-refractivity contribution is 4.44. The second-order valence-electron chi connectivity index (χ2n) is 1.75.